The van der Waals surface area contributed by atoms with Crippen LogP contribution in [0.15, 0.2) is 53.4 Å². The van der Waals surface area contributed by atoms with E-state index in [0.29, 0.717) is 5.69 Å². The fraction of sp³-hybridized carbons (Fsp3) is 0.235. The highest BCUT2D eigenvalue weighted by Crippen LogP contribution is 2.20. The number of sulfonamides is 1. The number of nitrogens with zero attached hydrogens (tertiary/aromatic N) is 2. The zero-order valence-electron chi connectivity index (χ0n) is 14.5. The fourth-order valence-corrected chi connectivity index (χ4v) is 3.46. The number of benzene rings is 2. The van der Waals surface area contributed by atoms with Gasteiger partial charge in [0.2, 0.25) is 10.0 Å². The Kier molecular flexibility index (Phi) is 5.73. The van der Waals surface area contributed by atoms with E-state index in [4.69, 9.17) is 0 Å². The van der Waals surface area contributed by atoms with Gasteiger partial charge in [0.15, 0.2) is 0 Å². The number of anilines is 1. The highest BCUT2D eigenvalue weighted by Gasteiger charge is 2.22. The van der Waals surface area contributed by atoms with E-state index in [1.165, 1.54) is 59.9 Å². The standard InChI is InChI=1S/C17H19N3O5S/c1-12(2)19(3)26(24,25)16-10-6-14(7-11-16)18-17(21)13-4-8-15(9-5-13)20(22)23/h4-12H,1-3H3,(H,18,21). The summed E-state index contributed by atoms with van der Waals surface area (Å²) < 4.78 is 26.1. The average Bonchev–Trinajstić information content (AvgIpc) is 2.61. The van der Waals surface area contributed by atoms with Crippen molar-refractivity contribution < 1.29 is 18.1 Å². The van der Waals surface area contributed by atoms with Crippen LogP contribution in [-0.2, 0) is 10.0 Å². The quantitative estimate of drug-likeness (QED) is 0.615. The summed E-state index contributed by atoms with van der Waals surface area (Å²) in [5.41, 5.74) is 0.566. The lowest BCUT2D eigenvalue weighted by atomic mass is 10.2. The topological polar surface area (TPSA) is 110 Å². The van der Waals surface area contributed by atoms with Crippen molar-refractivity contribution in [3.63, 3.8) is 0 Å². The molecular weight excluding hydrogens is 358 g/mol. The van der Waals surface area contributed by atoms with Crippen LogP contribution in [0.5, 0.6) is 0 Å². The molecule has 1 N–H and O–H groups in total. The Balaban J connectivity index is 2.14. The predicted molar refractivity (Wildman–Crippen MR) is 97.6 cm³/mol. The third-order valence-electron chi connectivity index (χ3n) is 3.86. The Labute approximate surface area is 151 Å². The molecule has 0 saturated heterocycles. The molecule has 0 fully saturated rings. The van der Waals surface area contributed by atoms with Crippen LogP contribution in [0.3, 0.4) is 0 Å². The summed E-state index contributed by atoms with van der Waals surface area (Å²) >= 11 is 0. The Morgan fingerprint density at radius 3 is 2.08 bits per heavy atom. The van der Waals surface area contributed by atoms with Gasteiger partial charge in [-0.1, -0.05) is 0 Å². The van der Waals surface area contributed by atoms with Crippen LogP contribution >= 0.6 is 0 Å². The molecule has 0 saturated carbocycles. The first-order valence-electron chi connectivity index (χ1n) is 7.77. The Morgan fingerprint density at radius 1 is 1.08 bits per heavy atom. The van der Waals surface area contributed by atoms with Crippen LogP contribution in [0.2, 0.25) is 0 Å². The molecule has 0 aliphatic heterocycles. The van der Waals surface area contributed by atoms with Crippen molar-refractivity contribution in [1.29, 1.82) is 0 Å². The second kappa shape index (κ2) is 7.63. The normalized spacial score (nSPS) is 11.6. The number of amides is 1. The van der Waals surface area contributed by atoms with E-state index >= 15 is 0 Å². The van der Waals surface area contributed by atoms with Crippen molar-refractivity contribution in [3.8, 4) is 0 Å². The number of rotatable bonds is 6. The van der Waals surface area contributed by atoms with Gasteiger partial charge < -0.3 is 5.32 Å². The maximum absolute atomic E-state index is 12.4. The second-order valence-corrected chi connectivity index (χ2v) is 7.89. The molecule has 9 heteroatoms. The minimum Gasteiger partial charge on any atom is -0.322 e. The molecule has 2 rings (SSSR count). The third-order valence-corrected chi connectivity index (χ3v) is 5.90. The van der Waals surface area contributed by atoms with Gasteiger partial charge in [0.1, 0.15) is 0 Å². The van der Waals surface area contributed by atoms with Crippen LogP contribution in [0.4, 0.5) is 11.4 Å². The van der Waals surface area contributed by atoms with Gasteiger partial charge in [0, 0.05) is 36.5 Å². The van der Waals surface area contributed by atoms with Crippen LogP contribution < -0.4 is 5.32 Å². The van der Waals surface area contributed by atoms with E-state index in [-0.39, 0.29) is 22.2 Å². The summed E-state index contributed by atoms with van der Waals surface area (Å²) in [6.45, 7) is 3.55. The molecule has 0 radical (unpaired) electrons. The molecule has 0 heterocycles. The van der Waals surface area contributed by atoms with Crippen LogP contribution in [0.1, 0.15) is 24.2 Å². The van der Waals surface area contributed by atoms with E-state index in [1.807, 2.05) is 0 Å². The van der Waals surface area contributed by atoms with E-state index in [9.17, 15) is 23.3 Å². The largest absolute Gasteiger partial charge is 0.322 e. The molecule has 0 aliphatic rings. The van der Waals surface area contributed by atoms with E-state index in [1.54, 1.807) is 13.8 Å². The number of carbonyl (C=O) groups excluding carboxylic acids is 1. The van der Waals surface area contributed by atoms with Gasteiger partial charge in [-0.05, 0) is 50.2 Å². The number of nitro groups is 1. The molecule has 138 valence electrons. The molecule has 8 nitrogen and oxygen atoms in total. The lowest BCUT2D eigenvalue weighted by Gasteiger charge is -2.21. The molecule has 0 atom stereocenters. The van der Waals surface area contributed by atoms with Gasteiger partial charge >= 0.3 is 0 Å². The highest BCUT2D eigenvalue weighted by atomic mass is 32.2. The molecule has 0 bridgehead atoms. The maximum Gasteiger partial charge on any atom is 0.269 e. The van der Waals surface area contributed by atoms with Crippen LogP contribution in [0, 0.1) is 10.1 Å². The lowest BCUT2D eigenvalue weighted by Crippen LogP contribution is -2.33. The monoisotopic (exact) mass is 377 g/mol. The lowest BCUT2D eigenvalue weighted by molar-refractivity contribution is -0.384. The second-order valence-electron chi connectivity index (χ2n) is 5.90. The maximum atomic E-state index is 12.4. The Bertz CT molecular complexity index is 906. The van der Waals surface area contributed by atoms with Crippen molar-refractivity contribution in [2.24, 2.45) is 0 Å². The zero-order chi connectivity index (χ0) is 19.5. The number of nitro benzene ring substituents is 1. The molecule has 0 aliphatic carbocycles. The van der Waals surface area contributed by atoms with E-state index in [2.05, 4.69) is 5.32 Å². The van der Waals surface area contributed by atoms with Crippen LogP contribution in [0.25, 0.3) is 0 Å². The van der Waals surface area contributed by atoms with Crippen molar-refractivity contribution in [2.45, 2.75) is 24.8 Å². The summed E-state index contributed by atoms with van der Waals surface area (Å²) in [5, 5.41) is 13.2. The van der Waals surface area contributed by atoms with Gasteiger partial charge in [-0.2, -0.15) is 4.31 Å². The van der Waals surface area contributed by atoms with Crippen molar-refractivity contribution in [2.75, 3.05) is 12.4 Å². The summed E-state index contributed by atoms with van der Waals surface area (Å²) in [7, 11) is -2.09. The van der Waals surface area contributed by atoms with Gasteiger partial charge in [0.25, 0.3) is 11.6 Å². The number of nitrogens with one attached hydrogen (secondary N) is 1. The molecule has 0 spiro atoms. The average molecular weight is 377 g/mol. The zero-order valence-corrected chi connectivity index (χ0v) is 15.4. The first kappa shape index (κ1) is 19.5. The molecule has 26 heavy (non-hydrogen) atoms. The third kappa shape index (κ3) is 4.24. The molecule has 1 amide bonds. The van der Waals surface area contributed by atoms with Gasteiger partial charge in [-0.25, -0.2) is 8.42 Å². The smallest absolute Gasteiger partial charge is 0.269 e. The fourth-order valence-electron chi connectivity index (χ4n) is 2.09. The molecule has 0 unspecified atom stereocenters. The number of carbonyl (C=O) groups is 1. The van der Waals surface area contributed by atoms with E-state index < -0.39 is 20.9 Å². The number of hydrogen-bond acceptors (Lipinski definition) is 5. The SMILES string of the molecule is CC(C)N(C)S(=O)(=O)c1ccc(NC(=O)c2ccc([N+](=O)[O-])cc2)cc1. The van der Waals surface area contributed by atoms with Gasteiger partial charge in [-0.15, -0.1) is 0 Å². The van der Waals surface area contributed by atoms with Crippen molar-refractivity contribution in [3.05, 3.63) is 64.2 Å². The Morgan fingerprint density at radius 2 is 1.62 bits per heavy atom. The molecule has 0 aromatic heterocycles. The van der Waals surface area contributed by atoms with Crippen molar-refractivity contribution in [1.82, 2.24) is 4.31 Å². The first-order chi connectivity index (χ1) is 12.1. The van der Waals surface area contributed by atoms with Crippen LogP contribution in [-0.4, -0.2) is 36.6 Å². The minimum atomic E-state index is -3.59. The summed E-state index contributed by atoms with van der Waals surface area (Å²) in [4.78, 5) is 22.4. The van der Waals surface area contributed by atoms with Crippen molar-refractivity contribution >= 4 is 27.3 Å². The highest BCUT2D eigenvalue weighted by molar-refractivity contribution is 7.89. The minimum absolute atomic E-state index is 0.106. The number of non-ortho nitro benzene ring substituents is 1. The Hall–Kier alpha value is -2.78. The molecular formula is C17H19N3O5S. The summed E-state index contributed by atoms with van der Waals surface area (Å²) in [5.74, 6) is -0.449. The first-order valence-corrected chi connectivity index (χ1v) is 9.21. The summed E-state index contributed by atoms with van der Waals surface area (Å²) in [6.07, 6.45) is 0. The predicted octanol–water partition coefficient (Wildman–Crippen LogP) is 2.88. The van der Waals surface area contributed by atoms with Gasteiger partial charge in [-0.3, -0.25) is 14.9 Å². The molecule has 2 aromatic carbocycles. The number of hydrogen-bond donors (Lipinski definition) is 1. The molecule has 2 aromatic rings. The van der Waals surface area contributed by atoms with E-state index in [0.717, 1.165) is 0 Å². The van der Waals surface area contributed by atoms with Gasteiger partial charge in [0.05, 0.1) is 9.82 Å². The summed E-state index contributed by atoms with van der Waals surface area (Å²) in [6, 6.07) is 10.8.